The number of benzene rings is 1. The SMILES string of the molecule is C#C/C=C\C1=C(C)C[C@H](O)[C@@H]1NC(=O)C(C1CCC2CCOC2C1)N(C(=O)c1cnc[nH]1)c1ccc(C(C)(C)C)cc1. The third-order valence-electron chi connectivity index (χ3n) is 9.13. The van der Waals surface area contributed by atoms with Crippen molar-refractivity contribution >= 4 is 17.5 Å². The highest BCUT2D eigenvalue weighted by atomic mass is 16.5. The number of ether oxygens (including phenoxy) is 1. The van der Waals surface area contributed by atoms with Gasteiger partial charge in [-0.05, 0) is 91.7 Å². The molecule has 0 radical (unpaired) electrons. The van der Waals surface area contributed by atoms with E-state index in [4.69, 9.17) is 11.2 Å². The number of H-pyrrole nitrogens is 1. The van der Waals surface area contributed by atoms with Gasteiger partial charge in [0, 0.05) is 12.3 Å². The van der Waals surface area contributed by atoms with Crippen molar-refractivity contribution < 1.29 is 19.4 Å². The number of aliphatic hydroxyl groups is 1. The maximum atomic E-state index is 14.5. The molecule has 3 aliphatic rings. The van der Waals surface area contributed by atoms with Crippen molar-refractivity contribution in [3.63, 3.8) is 0 Å². The molecule has 2 aliphatic carbocycles. The van der Waals surface area contributed by atoms with Crippen LogP contribution in [0.25, 0.3) is 0 Å². The normalized spacial score (nSPS) is 26.6. The van der Waals surface area contributed by atoms with E-state index < -0.39 is 18.2 Å². The third kappa shape index (κ3) is 6.08. The molecule has 0 spiro atoms. The van der Waals surface area contributed by atoms with Crippen LogP contribution >= 0.6 is 0 Å². The standard InChI is InChI=1S/C34H42N4O4/c1-6-7-8-26-21(2)17-28(39)30(26)37-32(40)31(23-10-9-22-15-16-42-29(22)18-23)38(33(41)27-19-35-20-36-27)25-13-11-24(12-14-25)34(3,4)5/h1,7-8,11-14,19-20,22-23,28-31,39H,9-10,15-18H2,2-5H3,(H,35,36)(H,37,40)/b8-7-/t22?,23?,28-,29?,30+,31?/m0/s1. The molecule has 2 heterocycles. The van der Waals surface area contributed by atoms with Gasteiger partial charge >= 0.3 is 0 Å². The molecule has 1 aromatic heterocycles. The van der Waals surface area contributed by atoms with Gasteiger partial charge in [-0.2, -0.15) is 0 Å². The lowest BCUT2D eigenvalue weighted by Gasteiger charge is -2.41. The first-order valence-electron chi connectivity index (χ1n) is 14.9. The van der Waals surface area contributed by atoms with Gasteiger partial charge in [0.25, 0.3) is 5.91 Å². The van der Waals surface area contributed by atoms with Crippen LogP contribution in [0.4, 0.5) is 5.69 Å². The Balaban J connectivity index is 1.56. The van der Waals surface area contributed by atoms with Crippen LogP contribution in [0.15, 0.2) is 60.1 Å². The molecule has 8 nitrogen and oxygen atoms in total. The van der Waals surface area contributed by atoms with Crippen molar-refractivity contribution in [3.05, 3.63) is 71.3 Å². The van der Waals surface area contributed by atoms with E-state index in [-0.39, 0.29) is 29.3 Å². The number of allylic oxidation sites excluding steroid dienone is 1. The highest BCUT2D eigenvalue weighted by Crippen LogP contribution is 2.41. The number of aromatic nitrogens is 2. The van der Waals surface area contributed by atoms with Crippen LogP contribution in [0.2, 0.25) is 0 Å². The summed E-state index contributed by atoms with van der Waals surface area (Å²) in [6.07, 6.45) is 14.9. The predicted molar refractivity (Wildman–Crippen MR) is 163 cm³/mol. The van der Waals surface area contributed by atoms with Crippen LogP contribution in [-0.2, 0) is 14.9 Å². The fourth-order valence-electron chi connectivity index (χ4n) is 6.80. The Bertz CT molecular complexity index is 1380. The van der Waals surface area contributed by atoms with Crippen LogP contribution in [0.1, 0.15) is 75.9 Å². The van der Waals surface area contributed by atoms with Crippen LogP contribution in [0.3, 0.4) is 0 Å². The number of carbonyl (C=O) groups is 2. The first-order valence-corrected chi connectivity index (χ1v) is 14.9. The van der Waals surface area contributed by atoms with Gasteiger partial charge < -0.3 is 20.1 Å². The molecule has 4 unspecified atom stereocenters. The fourth-order valence-corrected chi connectivity index (χ4v) is 6.80. The number of terminal acetylenes is 1. The summed E-state index contributed by atoms with van der Waals surface area (Å²) in [6.45, 7) is 9.08. The molecule has 0 bridgehead atoms. The molecule has 222 valence electrons. The smallest absolute Gasteiger partial charge is 0.277 e. The summed E-state index contributed by atoms with van der Waals surface area (Å²) in [4.78, 5) is 37.4. The molecule has 3 N–H and O–H groups in total. The third-order valence-corrected chi connectivity index (χ3v) is 9.13. The van der Waals surface area contributed by atoms with E-state index in [9.17, 15) is 14.7 Å². The van der Waals surface area contributed by atoms with Gasteiger partial charge in [-0.3, -0.25) is 14.5 Å². The second kappa shape index (κ2) is 12.3. The molecule has 1 aromatic carbocycles. The molecule has 2 amide bonds. The van der Waals surface area contributed by atoms with Gasteiger partial charge in [0.15, 0.2) is 0 Å². The van der Waals surface area contributed by atoms with Crippen LogP contribution in [0, 0.1) is 24.2 Å². The first-order chi connectivity index (χ1) is 20.1. The molecular weight excluding hydrogens is 528 g/mol. The Kier molecular flexibility index (Phi) is 8.72. The number of anilines is 1. The second-order valence-electron chi connectivity index (χ2n) is 12.9. The first kappa shape index (κ1) is 29.8. The van der Waals surface area contributed by atoms with Crippen molar-refractivity contribution in [1.29, 1.82) is 0 Å². The number of amides is 2. The summed E-state index contributed by atoms with van der Waals surface area (Å²) in [5.74, 6) is 2.19. The maximum Gasteiger partial charge on any atom is 0.277 e. The zero-order chi connectivity index (χ0) is 30.0. The van der Waals surface area contributed by atoms with E-state index in [1.165, 1.54) is 12.5 Å². The van der Waals surface area contributed by atoms with Gasteiger partial charge in [0.1, 0.15) is 11.7 Å². The highest BCUT2D eigenvalue weighted by molar-refractivity contribution is 6.09. The largest absolute Gasteiger partial charge is 0.390 e. The number of aromatic amines is 1. The van der Waals surface area contributed by atoms with E-state index in [0.29, 0.717) is 30.1 Å². The van der Waals surface area contributed by atoms with Gasteiger partial charge in [-0.1, -0.05) is 44.4 Å². The molecule has 2 fully saturated rings. The minimum absolute atomic E-state index is 0.0692. The van der Waals surface area contributed by atoms with E-state index >= 15 is 0 Å². The average Bonchev–Trinajstić information content (AvgIpc) is 3.71. The molecule has 1 aliphatic heterocycles. The Hall–Kier alpha value is -3.67. The zero-order valence-corrected chi connectivity index (χ0v) is 25.0. The Morgan fingerprint density at radius 1 is 1.24 bits per heavy atom. The van der Waals surface area contributed by atoms with Crippen molar-refractivity contribution in [1.82, 2.24) is 15.3 Å². The molecule has 1 saturated carbocycles. The van der Waals surface area contributed by atoms with Gasteiger partial charge in [0.05, 0.1) is 30.8 Å². The lowest BCUT2D eigenvalue weighted by Crippen LogP contribution is -2.58. The van der Waals surface area contributed by atoms with E-state index in [0.717, 1.165) is 42.6 Å². The second-order valence-corrected chi connectivity index (χ2v) is 12.9. The summed E-state index contributed by atoms with van der Waals surface area (Å²) in [5, 5.41) is 14.1. The summed E-state index contributed by atoms with van der Waals surface area (Å²) < 4.78 is 6.09. The Labute approximate surface area is 248 Å². The zero-order valence-electron chi connectivity index (χ0n) is 25.0. The minimum atomic E-state index is -0.836. The van der Waals surface area contributed by atoms with Crippen LogP contribution < -0.4 is 10.2 Å². The number of aliphatic hydroxyl groups excluding tert-OH is 1. The molecule has 2 aromatic rings. The predicted octanol–water partition coefficient (Wildman–Crippen LogP) is 4.68. The lowest BCUT2D eigenvalue weighted by atomic mass is 9.75. The van der Waals surface area contributed by atoms with Gasteiger partial charge in [0.2, 0.25) is 5.91 Å². The number of rotatable bonds is 7. The quantitative estimate of drug-likeness (QED) is 0.419. The van der Waals surface area contributed by atoms with Crippen LogP contribution in [0.5, 0.6) is 0 Å². The van der Waals surface area contributed by atoms with E-state index in [1.807, 2.05) is 31.2 Å². The summed E-state index contributed by atoms with van der Waals surface area (Å²) in [7, 11) is 0. The number of nitrogens with one attached hydrogen (secondary N) is 2. The fraction of sp³-hybridized carbons (Fsp3) is 0.500. The molecule has 8 heteroatoms. The van der Waals surface area contributed by atoms with Crippen molar-refractivity contribution in [3.8, 4) is 12.3 Å². The summed E-state index contributed by atoms with van der Waals surface area (Å²) in [6, 6.07) is 6.41. The topological polar surface area (TPSA) is 108 Å². The van der Waals surface area contributed by atoms with E-state index in [1.54, 1.807) is 17.1 Å². The summed E-state index contributed by atoms with van der Waals surface area (Å²) in [5.41, 5.74) is 3.75. The van der Waals surface area contributed by atoms with E-state index in [2.05, 4.69) is 42.0 Å². The van der Waals surface area contributed by atoms with Gasteiger partial charge in [-0.15, -0.1) is 6.42 Å². The molecule has 42 heavy (non-hydrogen) atoms. The molecule has 6 atom stereocenters. The Morgan fingerprint density at radius 3 is 2.67 bits per heavy atom. The number of imidazole rings is 1. The van der Waals surface area contributed by atoms with Crippen molar-refractivity contribution in [2.24, 2.45) is 11.8 Å². The highest BCUT2D eigenvalue weighted by Gasteiger charge is 2.45. The average molecular weight is 571 g/mol. The molecule has 5 rings (SSSR count). The minimum Gasteiger partial charge on any atom is -0.390 e. The van der Waals surface area contributed by atoms with Gasteiger partial charge in [-0.25, -0.2) is 4.98 Å². The number of carbonyl (C=O) groups excluding carboxylic acids is 2. The Morgan fingerprint density at radius 2 is 2.00 bits per heavy atom. The number of hydrogen-bond donors (Lipinski definition) is 3. The number of fused-ring (bicyclic) bond motifs is 1. The maximum absolute atomic E-state index is 14.5. The molecular formula is C34H42N4O4. The lowest BCUT2D eigenvalue weighted by molar-refractivity contribution is -0.125. The monoisotopic (exact) mass is 570 g/mol. The number of hydrogen-bond acceptors (Lipinski definition) is 5. The van der Waals surface area contributed by atoms with Crippen LogP contribution in [-0.4, -0.2) is 57.8 Å². The van der Waals surface area contributed by atoms with Crippen molar-refractivity contribution in [2.45, 2.75) is 89.5 Å². The van der Waals surface area contributed by atoms with Crippen molar-refractivity contribution in [2.75, 3.05) is 11.5 Å². The summed E-state index contributed by atoms with van der Waals surface area (Å²) >= 11 is 0. The molecule has 1 saturated heterocycles. The number of nitrogens with zero attached hydrogens (tertiary/aromatic N) is 2.